The van der Waals surface area contributed by atoms with Gasteiger partial charge in [0.05, 0.1) is 29.4 Å². The van der Waals surface area contributed by atoms with Gasteiger partial charge >= 0.3 is 0 Å². The minimum absolute atomic E-state index is 0.0330. The minimum Gasteiger partial charge on any atom is -0.492 e. The molecule has 24 heavy (non-hydrogen) atoms. The molecule has 0 fully saturated rings. The lowest BCUT2D eigenvalue weighted by Gasteiger charge is -2.13. The summed E-state index contributed by atoms with van der Waals surface area (Å²) in [4.78, 5) is 15.4. The Hall–Kier alpha value is -2.45. The molecule has 1 aromatic carbocycles. The van der Waals surface area contributed by atoms with E-state index in [-0.39, 0.29) is 17.3 Å². The monoisotopic (exact) mass is 349 g/mol. The molecule has 2 rings (SSSR count). The molecule has 1 aromatic heterocycles. The number of nitrogens with zero attached hydrogens (tertiary/aromatic N) is 1. The van der Waals surface area contributed by atoms with Crippen molar-refractivity contribution in [2.45, 2.75) is 25.3 Å². The number of rotatable bonds is 7. The summed E-state index contributed by atoms with van der Waals surface area (Å²) >= 11 is 0. The molecule has 0 unspecified atom stereocenters. The maximum absolute atomic E-state index is 12.4. The number of ether oxygens (including phenoxy) is 1. The lowest BCUT2D eigenvalue weighted by atomic mass is 10.3. The molecule has 2 N–H and O–H groups in total. The normalized spacial score (nSPS) is 11.1. The number of anilines is 1. The maximum Gasteiger partial charge on any atom is 0.241 e. The molecule has 0 atom stereocenters. The predicted molar refractivity (Wildman–Crippen MR) is 90.2 cm³/mol. The second-order valence-electron chi connectivity index (χ2n) is 4.92. The number of benzene rings is 1. The molecule has 0 radical (unpaired) electrons. The smallest absolute Gasteiger partial charge is 0.241 e. The van der Waals surface area contributed by atoms with Crippen LogP contribution < -0.4 is 14.8 Å². The van der Waals surface area contributed by atoms with E-state index in [2.05, 4.69) is 15.0 Å². The second kappa shape index (κ2) is 7.89. The van der Waals surface area contributed by atoms with Gasteiger partial charge in [-0.25, -0.2) is 13.1 Å². The van der Waals surface area contributed by atoms with Gasteiger partial charge in [-0.2, -0.15) is 0 Å². The van der Waals surface area contributed by atoms with Crippen LogP contribution in [0.5, 0.6) is 5.75 Å². The number of nitrogens with one attached hydrogen (secondary N) is 2. The molecule has 2 aromatic rings. The molecule has 8 heteroatoms. The number of hydrogen-bond donors (Lipinski definition) is 2. The Labute approximate surface area is 141 Å². The molecule has 1 heterocycles. The maximum atomic E-state index is 12.4. The van der Waals surface area contributed by atoms with E-state index in [1.807, 2.05) is 0 Å². The number of carbonyl (C=O) groups excluding carboxylic acids is 1. The Bertz CT molecular complexity index is 807. The van der Waals surface area contributed by atoms with E-state index in [0.717, 1.165) is 0 Å². The topological polar surface area (TPSA) is 97.4 Å². The van der Waals surface area contributed by atoms with Gasteiger partial charge in [-0.05, 0) is 37.3 Å². The highest BCUT2D eigenvalue weighted by Gasteiger charge is 2.17. The van der Waals surface area contributed by atoms with E-state index in [0.29, 0.717) is 23.7 Å². The van der Waals surface area contributed by atoms with E-state index in [1.54, 1.807) is 31.3 Å². The van der Waals surface area contributed by atoms with Crippen molar-refractivity contribution in [3.05, 3.63) is 48.3 Å². The van der Waals surface area contributed by atoms with E-state index in [1.165, 1.54) is 25.1 Å². The molecule has 0 aliphatic carbocycles. The molecule has 7 nitrogen and oxygen atoms in total. The lowest BCUT2D eigenvalue weighted by Crippen LogP contribution is -2.24. The third-order valence-electron chi connectivity index (χ3n) is 3.04. The van der Waals surface area contributed by atoms with Gasteiger partial charge < -0.3 is 10.1 Å². The molecule has 128 valence electrons. The van der Waals surface area contributed by atoms with Crippen molar-refractivity contribution in [3.63, 3.8) is 0 Å². The Balaban J connectivity index is 2.24. The Kier molecular flexibility index (Phi) is 5.88. The van der Waals surface area contributed by atoms with Crippen molar-refractivity contribution in [3.8, 4) is 5.75 Å². The lowest BCUT2D eigenvalue weighted by molar-refractivity contribution is -0.114. The number of pyridine rings is 1. The summed E-state index contributed by atoms with van der Waals surface area (Å²) in [6, 6.07) is 9.57. The zero-order valence-corrected chi connectivity index (χ0v) is 14.3. The van der Waals surface area contributed by atoms with Crippen LogP contribution in [0.1, 0.15) is 19.5 Å². The molecular weight excluding hydrogens is 330 g/mol. The van der Waals surface area contributed by atoms with Crippen molar-refractivity contribution in [2.75, 3.05) is 11.9 Å². The van der Waals surface area contributed by atoms with Gasteiger partial charge in [0.15, 0.2) is 0 Å². The van der Waals surface area contributed by atoms with Crippen molar-refractivity contribution in [1.82, 2.24) is 9.71 Å². The summed E-state index contributed by atoms with van der Waals surface area (Å²) < 4.78 is 32.7. The summed E-state index contributed by atoms with van der Waals surface area (Å²) in [6.45, 7) is 3.62. The first kappa shape index (κ1) is 17.9. The summed E-state index contributed by atoms with van der Waals surface area (Å²) in [5, 5.41) is 2.58. The number of carbonyl (C=O) groups is 1. The largest absolute Gasteiger partial charge is 0.492 e. The SMILES string of the molecule is CCOc1ccc(S(=O)(=O)NCc2ccccn2)cc1NC(C)=O. The van der Waals surface area contributed by atoms with Crippen LogP contribution >= 0.6 is 0 Å². The molecule has 0 spiro atoms. The molecular formula is C16H19N3O4S. The van der Waals surface area contributed by atoms with Crippen LogP contribution in [0.15, 0.2) is 47.5 Å². The van der Waals surface area contributed by atoms with Crippen LogP contribution in [-0.2, 0) is 21.4 Å². The van der Waals surface area contributed by atoms with Crippen molar-refractivity contribution >= 4 is 21.6 Å². The average Bonchev–Trinajstić information content (AvgIpc) is 2.55. The van der Waals surface area contributed by atoms with Gasteiger partial charge in [-0.3, -0.25) is 9.78 Å². The Morgan fingerprint density at radius 1 is 1.25 bits per heavy atom. The van der Waals surface area contributed by atoms with Gasteiger partial charge in [0.1, 0.15) is 5.75 Å². The van der Waals surface area contributed by atoms with E-state index in [9.17, 15) is 13.2 Å². The molecule has 0 saturated heterocycles. The van der Waals surface area contributed by atoms with Crippen LogP contribution in [0.4, 0.5) is 5.69 Å². The van der Waals surface area contributed by atoms with E-state index in [4.69, 9.17) is 4.74 Å². The Morgan fingerprint density at radius 2 is 2.04 bits per heavy atom. The highest BCUT2D eigenvalue weighted by atomic mass is 32.2. The fourth-order valence-electron chi connectivity index (χ4n) is 2.00. The van der Waals surface area contributed by atoms with Crippen LogP contribution in [-0.4, -0.2) is 25.9 Å². The molecule has 0 aliphatic heterocycles. The van der Waals surface area contributed by atoms with Crippen molar-refractivity contribution in [1.29, 1.82) is 0 Å². The van der Waals surface area contributed by atoms with Crippen molar-refractivity contribution in [2.24, 2.45) is 0 Å². The number of aromatic nitrogens is 1. The third kappa shape index (κ3) is 4.77. The van der Waals surface area contributed by atoms with E-state index < -0.39 is 10.0 Å². The van der Waals surface area contributed by atoms with Crippen LogP contribution in [0, 0.1) is 0 Å². The zero-order chi connectivity index (χ0) is 17.6. The number of hydrogen-bond acceptors (Lipinski definition) is 5. The Morgan fingerprint density at radius 3 is 2.67 bits per heavy atom. The number of amides is 1. The quantitative estimate of drug-likeness (QED) is 0.796. The molecule has 1 amide bonds. The molecule has 0 saturated carbocycles. The summed E-state index contributed by atoms with van der Waals surface area (Å²) in [7, 11) is -3.75. The van der Waals surface area contributed by atoms with Gasteiger partial charge in [0.25, 0.3) is 0 Å². The van der Waals surface area contributed by atoms with Gasteiger partial charge in [-0.1, -0.05) is 6.07 Å². The standard InChI is InChI=1S/C16H19N3O4S/c1-3-23-16-8-7-14(10-15(16)19-12(2)20)24(21,22)18-11-13-6-4-5-9-17-13/h4-10,18H,3,11H2,1-2H3,(H,19,20). The summed E-state index contributed by atoms with van der Waals surface area (Å²) in [6.07, 6.45) is 1.59. The zero-order valence-electron chi connectivity index (χ0n) is 13.4. The second-order valence-corrected chi connectivity index (χ2v) is 6.68. The molecule has 0 aliphatic rings. The van der Waals surface area contributed by atoms with Gasteiger partial charge in [0, 0.05) is 13.1 Å². The fraction of sp³-hybridized carbons (Fsp3) is 0.250. The fourth-order valence-corrected chi connectivity index (χ4v) is 3.02. The van der Waals surface area contributed by atoms with Crippen LogP contribution in [0.2, 0.25) is 0 Å². The highest BCUT2D eigenvalue weighted by molar-refractivity contribution is 7.89. The first-order valence-corrected chi connectivity index (χ1v) is 8.84. The summed E-state index contributed by atoms with van der Waals surface area (Å²) in [5.41, 5.74) is 0.916. The third-order valence-corrected chi connectivity index (χ3v) is 4.44. The first-order valence-electron chi connectivity index (χ1n) is 7.36. The van der Waals surface area contributed by atoms with Crippen LogP contribution in [0.25, 0.3) is 0 Å². The minimum atomic E-state index is -3.75. The average molecular weight is 349 g/mol. The van der Waals surface area contributed by atoms with Crippen LogP contribution in [0.3, 0.4) is 0 Å². The summed E-state index contributed by atoms with van der Waals surface area (Å²) in [5.74, 6) is 0.100. The first-order chi connectivity index (χ1) is 11.4. The highest BCUT2D eigenvalue weighted by Crippen LogP contribution is 2.28. The van der Waals surface area contributed by atoms with Gasteiger partial charge in [0.2, 0.25) is 15.9 Å². The van der Waals surface area contributed by atoms with Gasteiger partial charge in [-0.15, -0.1) is 0 Å². The molecule has 0 bridgehead atoms. The number of sulfonamides is 1. The van der Waals surface area contributed by atoms with Crippen molar-refractivity contribution < 1.29 is 17.9 Å². The predicted octanol–water partition coefficient (Wildman–Crippen LogP) is 1.92. The van der Waals surface area contributed by atoms with E-state index >= 15 is 0 Å².